The highest BCUT2D eigenvalue weighted by Crippen LogP contribution is 2.47. The summed E-state index contributed by atoms with van der Waals surface area (Å²) in [5.74, 6) is -0.989. The Morgan fingerprint density at radius 1 is 0.905 bits per heavy atom. The molecule has 1 aliphatic rings. The lowest BCUT2D eigenvalue weighted by Crippen LogP contribution is -2.35. The summed E-state index contributed by atoms with van der Waals surface area (Å²) in [6.07, 6.45) is 2.89. The van der Waals surface area contributed by atoms with Gasteiger partial charge in [-0.3, -0.25) is 14.6 Å². The number of halogens is 3. The maximum absolute atomic E-state index is 15.1. The van der Waals surface area contributed by atoms with Crippen molar-refractivity contribution in [2.45, 2.75) is 19.3 Å². The second kappa shape index (κ2) is 13.0. The highest BCUT2D eigenvalue weighted by atomic mass is 35.5. The summed E-state index contributed by atoms with van der Waals surface area (Å²) < 4.78 is 45.4. The number of nitrogens with zero attached hydrogens (tertiary/aromatic N) is 1. The number of aromatic nitrogens is 1. The number of anilines is 2. The maximum atomic E-state index is 15.1. The van der Waals surface area contributed by atoms with Gasteiger partial charge in [-0.1, -0.05) is 0 Å². The van der Waals surface area contributed by atoms with Crippen molar-refractivity contribution in [3.63, 3.8) is 0 Å². The van der Waals surface area contributed by atoms with Gasteiger partial charge in [0.05, 0.1) is 19.2 Å². The van der Waals surface area contributed by atoms with Crippen molar-refractivity contribution in [1.29, 1.82) is 0 Å². The van der Waals surface area contributed by atoms with Gasteiger partial charge in [-0.05, 0) is 74.3 Å². The van der Waals surface area contributed by atoms with Crippen LogP contribution in [0.5, 0.6) is 23.0 Å². The third-order valence-corrected chi connectivity index (χ3v) is 6.72. The average Bonchev–Trinajstić information content (AvgIpc) is 3.78. The number of carbonyl (C=O) groups excluding carboxylic acids is 2. The van der Waals surface area contributed by atoms with Gasteiger partial charge in [-0.15, -0.1) is 12.4 Å². The Morgan fingerprint density at radius 3 is 2.24 bits per heavy atom. The molecule has 3 aromatic carbocycles. The Bertz CT molecular complexity index is 1600. The van der Waals surface area contributed by atoms with Crippen molar-refractivity contribution in [1.82, 2.24) is 4.98 Å². The Balaban J connectivity index is 0.00000405. The normalized spacial score (nSPS) is 13.0. The van der Waals surface area contributed by atoms with Crippen LogP contribution in [0.4, 0.5) is 20.2 Å². The Kier molecular flexibility index (Phi) is 9.44. The number of fused-ring (bicyclic) bond motifs is 1. The molecule has 1 aromatic heterocycles. The molecule has 0 aliphatic heterocycles. The number of carbonyl (C=O) groups is 2. The first-order chi connectivity index (χ1) is 19.8. The van der Waals surface area contributed by atoms with E-state index in [9.17, 15) is 14.0 Å². The number of pyridine rings is 1. The zero-order valence-electron chi connectivity index (χ0n) is 22.6. The van der Waals surface area contributed by atoms with Crippen LogP contribution in [-0.4, -0.2) is 37.1 Å². The van der Waals surface area contributed by atoms with Gasteiger partial charge in [-0.25, -0.2) is 8.78 Å². The van der Waals surface area contributed by atoms with E-state index in [1.165, 1.54) is 49.7 Å². The molecule has 0 unspecified atom stereocenters. The molecule has 1 heterocycles. The lowest BCUT2D eigenvalue weighted by atomic mass is 10.0. The summed E-state index contributed by atoms with van der Waals surface area (Å²) in [7, 11) is 1.51. The minimum atomic E-state index is -1.28. The number of benzene rings is 3. The van der Waals surface area contributed by atoms with Crippen LogP contribution >= 0.6 is 12.4 Å². The molecule has 0 spiro atoms. The van der Waals surface area contributed by atoms with Gasteiger partial charge in [0.2, 0.25) is 11.8 Å². The van der Waals surface area contributed by atoms with Gasteiger partial charge in [0.25, 0.3) is 0 Å². The van der Waals surface area contributed by atoms with E-state index in [-0.39, 0.29) is 23.8 Å². The molecule has 5 rings (SSSR count). The van der Waals surface area contributed by atoms with Crippen LogP contribution in [0.3, 0.4) is 0 Å². The fourth-order valence-corrected chi connectivity index (χ4v) is 4.25. The molecule has 0 bridgehead atoms. The number of hydrogen-bond donors (Lipinski definition) is 3. The van der Waals surface area contributed by atoms with Gasteiger partial charge in [0.1, 0.15) is 17.0 Å². The lowest BCUT2D eigenvalue weighted by molar-refractivity contribution is -0.131. The van der Waals surface area contributed by atoms with E-state index in [1.54, 1.807) is 18.2 Å². The van der Waals surface area contributed by atoms with Crippen LogP contribution in [-0.2, 0) is 9.59 Å². The predicted octanol–water partition coefficient (Wildman–Crippen LogP) is 5.82. The Labute approximate surface area is 246 Å². The minimum Gasteiger partial charge on any atom is -0.493 e. The number of methoxy groups -OCH3 is 1. The number of hydrogen-bond acceptors (Lipinski definition) is 7. The molecule has 2 amide bonds. The molecular formula is C30H29ClF2N4O5. The zero-order chi connectivity index (χ0) is 29.0. The van der Waals surface area contributed by atoms with Crippen molar-refractivity contribution >= 4 is 46.5 Å². The summed E-state index contributed by atoms with van der Waals surface area (Å²) in [6, 6.07) is 14.2. The molecule has 4 aromatic rings. The quantitative estimate of drug-likeness (QED) is 0.147. The van der Waals surface area contributed by atoms with Crippen LogP contribution in [0, 0.1) is 17.0 Å². The third kappa shape index (κ3) is 6.53. The predicted molar refractivity (Wildman–Crippen MR) is 157 cm³/mol. The third-order valence-electron chi connectivity index (χ3n) is 6.72. The number of ether oxygens (including phenoxy) is 3. The summed E-state index contributed by atoms with van der Waals surface area (Å²) in [4.78, 5) is 30.1. The molecule has 9 nitrogen and oxygen atoms in total. The summed E-state index contributed by atoms with van der Waals surface area (Å²) in [5.41, 5.74) is 5.36. The molecule has 4 N–H and O–H groups in total. The van der Waals surface area contributed by atoms with Crippen LogP contribution in [0.2, 0.25) is 0 Å². The molecule has 1 saturated carbocycles. The molecule has 42 heavy (non-hydrogen) atoms. The molecule has 12 heteroatoms. The first-order valence-corrected chi connectivity index (χ1v) is 13.0. The standard InChI is InChI=1S/C30H28F2N4O5.ClH/c1-39-26-16-21-23(17-27(26)40-14-2-12-33)34-13-9-24(21)41-25-8-7-20(15-22(25)32)36-29(38)30(10-11-30)28(37)35-19-5-3-18(31)4-6-19;/h3-9,13,15-17H,2,10-12,14,33H2,1H3,(H,35,37)(H,36,38);1H. The molecular weight excluding hydrogens is 570 g/mol. The largest absolute Gasteiger partial charge is 0.493 e. The first kappa shape index (κ1) is 30.5. The number of nitrogens with one attached hydrogen (secondary N) is 2. The fraction of sp³-hybridized carbons (Fsp3) is 0.233. The van der Waals surface area contributed by atoms with E-state index in [2.05, 4.69) is 15.6 Å². The Hall–Kier alpha value is -4.48. The minimum absolute atomic E-state index is 0. The van der Waals surface area contributed by atoms with E-state index in [0.29, 0.717) is 66.3 Å². The molecule has 0 radical (unpaired) electrons. The van der Waals surface area contributed by atoms with Gasteiger partial charge in [0.15, 0.2) is 23.1 Å². The second-order valence-electron chi connectivity index (χ2n) is 9.56. The van der Waals surface area contributed by atoms with Crippen molar-refractivity contribution in [3.05, 3.63) is 78.5 Å². The summed E-state index contributed by atoms with van der Waals surface area (Å²) in [6.45, 7) is 0.913. The molecule has 0 atom stereocenters. The van der Waals surface area contributed by atoms with Crippen molar-refractivity contribution < 1.29 is 32.6 Å². The summed E-state index contributed by atoms with van der Waals surface area (Å²) >= 11 is 0. The number of amides is 2. The van der Waals surface area contributed by atoms with Crippen LogP contribution in [0.25, 0.3) is 10.9 Å². The van der Waals surface area contributed by atoms with Gasteiger partial charge >= 0.3 is 0 Å². The van der Waals surface area contributed by atoms with E-state index in [0.717, 1.165) is 6.07 Å². The molecule has 220 valence electrons. The van der Waals surface area contributed by atoms with Crippen molar-refractivity contribution in [2.75, 3.05) is 30.9 Å². The van der Waals surface area contributed by atoms with E-state index < -0.39 is 28.9 Å². The monoisotopic (exact) mass is 598 g/mol. The fourth-order valence-electron chi connectivity index (χ4n) is 4.25. The molecule has 1 fully saturated rings. The van der Waals surface area contributed by atoms with Crippen molar-refractivity contribution in [2.24, 2.45) is 11.1 Å². The first-order valence-electron chi connectivity index (χ1n) is 13.0. The summed E-state index contributed by atoms with van der Waals surface area (Å²) in [5, 5.41) is 5.84. The van der Waals surface area contributed by atoms with Gasteiger partial charge < -0.3 is 30.6 Å². The van der Waals surface area contributed by atoms with E-state index >= 15 is 4.39 Å². The highest BCUT2D eigenvalue weighted by molar-refractivity contribution is 6.16. The SMILES string of the molecule is COc1cc2c(Oc3ccc(NC(=O)C4(C(=O)Nc5ccc(F)cc5)CC4)cc3F)ccnc2cc1OCCCN.Cl. The molecule has 1 aliphatic carbocycles. The van der Waals surface area contributed by atoms with Crippen LogP contribution in [0.1, 0.15) is 19.3 Å². The Morgan fingerprint density at radius 2 is 1.60 bits per heavy atom. The molecule has 0 saturated heterocycles. The number of nitrogens with two attached hydrogens (primary N) is 1. The van der Waals surface area contributed by atoms with E-state index in [1.807, 2.05) is 0 Å². The van der Waals surface area contributed by atoms with Crippen molar-refractivity contribution in [3.8, 4) is 23.0 Å². The van der Waals surface area contributed by atoms with E-state index in [4.69, 9.17) is 19.9 Å². The number of rotatable bonds is 11. The van der Waals surface area contributed by atoms with Crippen LogP contribution in [0.15, 0.2) is 66.9 Å². The van der Waals surface area contributed by atoms with Gasteiger partial charge in [-0.2, -0.15) is 0 Å². The van der Waals surface area contributed by atoms with Crippen LogP contribution < -0.4 is 30.6 Å². The maximum Gasteiger partial charge on any atom is 0.240 e. The smallest absolute Gasteiger partial charge is 0.240 e. The highest BCUT2D eigenvalue weighted by Gasteiger charge is 2.56. The zero-order valence-corrected chi connectivity index (χ0v) is 23.4. The van der Waals surface area contributed by atoms with Gasteiger partial charge in [0, 0.05) is 35.1 Å². The second-order valence-corrected chi connectivity index (χ2v) is 9.56. The average molecular weight is 599 g/mol. The topological polar surface area (TPSA) is 125 Å². The lowest BCUT2D eigenvalue weighted by Gasteiger charge is -2.16.